The first-order valence-corrected chi connectivity index (χ1v) is 9.13. The lowest BCUT2D eigenvalue weighted by atomic mass is 10.0. The van der Waals surface area contributed by atoms with Gasteiger partial charge in [0.2, 0.25) is 10.4 Å². The van der Waals surface area contributed by atoms with Crippen molar-refractivity contribution in [2.75, 3.05) is 26.0 Å². The van der Waals surface area contributed by atoms with Crippen LogP contribution in [-0.4, -0.2) is 48.0 Å². The van der Waals surface area contributed by atoms with Crippen molar-refractivity contribution < 1.29 is 22.0 Å². The SMILES string of the molecule is CC[N+](C)(CCCl)Cc1cccc2ccccc12.O=S(=O)([O-])O. The summed E-state index contributed by atoms with van der Waals surface area (Å²) < 4.78 is 33.8. The van der Waals surface area contributed by atoms with Gasteiger partial charge in [-0.3, -0.25) is 4.55 Å². The first-order chi connectivity index (χ1) is 10.7. The Morgan fingerprint density at radius 3 is 2.30 bits per heavy atom. The molecule has 0 aromatic heterocycles. The Kier molecular flexibility index (Phi) is 7.44. The van der Waals surface area contributed by atoms with E-state index in [9.17, 15) is 0 Å². The lowest BCUT2D eigenvalue weighted by Gasteiger charge is -2.33. The zero-order valence-corrected chi connectivity index (χ0v) is 14.8. The third-order valence-electron chi connectivity index (χ3n) is 3.82. The Hall–Kier alpha value is -1.18. The Labute approximate surface area is 142 Å². The number of rotatable bonds is 5. The number of quaternary nitrogens is 1. The van der Waals surface area contributed by atoms with Gasteiger partial charge in [-0.2, -0.15) is 0 Å². The molecule has 0 saturated heterocycles. The molecule has 0 aliphatic rings. The molecule has 1 N–H and O–H groups in total. The highest BCUT2D eigenvalue weighted by Gasteiger charge is 2.19. The van der Waals surface area contributed by atoms with Crippen LogP contribution in [0.4, 0.5) is 0 Å². The quantitative estimate of drug-likeness (QED) is 0.385. The molecule has 23 heavy (non-hydrogen) atoms. The zero-order valence-electron chi connectivity index (χ0n) is 13.3. The molecule has 0 fully saturated rings. The first kappa shape index (κ1) is 19.9. The second-order valence-corrected chi connectivity index (χ2v) is 6.81. The molecule has 2 aromatic carbocycles. The molecule has 5 nitrogen and oxygen atoms in total. The van der Waals surface area contributed by atoms with Crippen LogP contribution < -0.4 is 0 Å². The molecule has 0 aliphatic heterocycles. The molecule has 2 rings (SSSR count). The summed E-state index contributed by atoms with van der Waals surface area (Å²) in [4.78, 5) is 0. The number of fused-ring (bicyclic) bond motifs is 1. The van der Waals surface area contributed by atoms with Crippen molar-refractivity contribution in [3.8, 4) is 0 Å². The molecule has 0 saturated carbocycles. The maximum absolute atomic E-state index is 8.63. The predicted molar refractivity (Wildman–Crippen MR) is 92.3 cm³/mol. The maximum Gasteiger partial charge on any atom is 0.215 e. The third kappa shape index (κ3) is 7.28. The van der Waals surface area contributed by atoms with Crippen LogP contribution in [0.5, 0.6) is 0 Å². The molecule has 0 radical (unpaired) electrons. The standard InChI is InChI=1S/C16H21ClN.H2O4S/c1-3-18(2,12-11-17)13-15-9-6-8-14-7-4-5-10-16(14)15;1-5(2,3)4/h4-10H,3,11-13H2,1-2H3;(H2,1,2,3,4)/q+1;/p-1. The van der Waals surface area contributed by atoms with Gasteiger partial charge in [0.15, 0.2) is 0 Å². The number of hydrogen-bond acceptors (Lipinski definition) is 3. The number of hydrogen-bond donors (Lipinski definition) is 1. The Bertz CT molecular complexity index is 722. The number of halogens is 1. The van der Waals surface area contributed by atoms with Crippen molar-refractivity contribution in [2.24, 2.45) is 0 Å². The molecule has 0 heterocycles. The number of benzene rings is 2. The second kappa shape index (κ2) is 8.61. The fourth-order valence-electron chi connectivity index (χ4n) is 2.39. The van der Waals surface area contributed by atoms with Gasteiger partial charge in [-0.05, 0) is 17.7 Å². The molecule has 1 unspecified atom stereocenters. The second-order valence-electron chi connectivity index (χ2n) is 5.57. The van der Waals surface area contributed by atoms with Crippen LogP contribution in [0.15, 0.2) is 42.5 Å². The highest BCUT2D eigenvalue weighted by Crippen LogP contribution is 2.22. The van der Waals surface area contributed by atoms with Crippen molar-refractivity contribution in [2.45, 2.75) is 13.5 Å². The topological polar surface area (TPSA) is 77.4 Å². The fraction of sp³-hybridized carbons (Fsp3) is 0.375. The normalized spacial score (nSPS) is 14.0. The Morgan fingerprint density at radius 2 is 1.74 bits per heavy atom. The smallest absolute Gasteiger partial charge is 0.215 e. The van der Waals surface area contributed by atoms with Gasteiger partial charge in [-0.25, -0.2) is 8.42 Å². The summed E-state index contributed by atoms with van der Waals surface area (Å²) in [7, 11) is -2.63. The number of nitrogens with zero attached hydrogens (tertiary/aromatic N) is 1. The summed E-state index contributed by atoms with van der Waals surface area (Å²) in [5, 5.41) is 2.69. The molecule has 0 spiro atoms. The van der Waals surface area contributed by atoms with Crippen LogP contribution in [0, 0.1) is 0 Å². The predicted octanol–water partition coefficient (Wildman–Crippen LogP) is 3.05. The molecule has 0 bridgehead atoms. The van der Waals surface area contributed by atoms with E-state index in [0.717, 1.165) is 30.0 Å². The van der Waals surface area contributed by atoms with E-state index in [1.165, 1.54) is 16.3 Å². The molecule has 1 atom stereocenters. The minimum atomic E-state index is -4.92. The van der Waals surface area contributed by atoms with Gasteiger partial charge in [0, 0.05) is 5.56 Å². The lowest BCUT2D eigenvalue weighted by Crippen LogP contribution is -2.44. The van der Waals surface area contributed by atoms with Crippen LogP contribution in [0.1, 0.15) is 12.5 Å². The van der Waals surface area contributed by atoms with Gasteiger partial charge < -0.3 is 9.04 Å². The summed E-state index contributed by atoms with van der Waals surface area (Å²) in [6.07, 6.45) is 0. The molecule has 2 aromatic rings. The minimum Gasteiger partial charge on any atom is -0.726 e. The van der Waals surface area contributed by atoms with Crippen molar-refractivity contribution in [3.05, 3.63) is 48.0 Å². The summed E-state index contributed by atoms with van der Waals surface area (Å²) in [6.45, 7) is 5.40. The van der Waals surface area contributed by atoms with E-state index in [2.05, 4.69) is 56.4 Å². The van der Waals surface area contributed by atoms with E-state index >= 15 is 0 Å². The highest BCUT2D eigenvalue weighted by atomic mass is 35.5. The summed E-state index contributed by atoms with van der Waals surface area (Å²) in [6, 6.07) is 15.2. The van der Waals surface area contributed by atoms with E-state index in [0.29, 0.717) is 0 Å². The van der Waals surface area contributed by atoms with Gasteiger partial charge in [-0.15, -0.1) is 11.6 Å². The Balaban J connectivity index is 0.000000463. The largest absolute Gasteiger partial charge is 0.726 e. The first-order valence-electron chi connectivity index (χ1n) is 7.23. The highest BCUT2D eigenvalue weighted by molar-refractivity contribution is 7.79. The summed E-state index contributed by atoms with van der Waals surface area (Å²) in [5.41, 5.74) is 1.42. The molecular weight excluding hydrogens is 338 g/mol. The van der Waals surface area contributed by atoms with E-state index < -0.39 is 10.4 Å². The van der Waals surface area contributed by atoms with E-state index in [1.807, 2.05) is 0 Å². The van der Waals surface area contributed by atoms with Gasteiger partial charge in [0.1, 0.15) is 6.54 Å². The molecule has 7 heteroatoms. The Morgan fingerprint density at radius 1 is 1.17 bits per heavy atom. The molecule has 0 aliphatic carbocycles. The van der Waals surface area contributed by atoms with Crippen LogP contribution in [-0.2, 0) is 16.9 Å². The van der Waals surface area contributed by atoms with Gasteiger partial charge in [0.25, 0.3) is 0 Å². The average Bonchev–Trinajstić information content (AvgIpc) is 2.46. The van der Waals surface area contributed by atoms with Crippen LogP contribution in [0.3, 0.4) is 0 Å². The molecular formula is C16H22ClNO4S. The van der Waals surface area contributed by atoms with Crippen molar-refractivity contribution in [1.29, 1.82) is 0 Å². The summed E-state index contributed by atoms with van der Waals surface area (Å²) >= 11 is 5.93. The van der Waals surface area contributed by atoms with Crippen LogP contribution in [0.2, 0.25) is 0 Å². The van der Waals surface area contributed by atoms with Crippen LogP contribution >= 0.6 is 11.6 Å². The zero-order chi connectivity index (χ0) is 17.5. The average molecular weight is 360 g/mol. The van der Waals surface area contributed by atoms with Crippen molar-refractivity contribution in [3.63, 3.8) is 0 Å². The lowest BCUT2D eigenvalue weighted by molar-refractivity contribution is -0.918. The maximum atomic E-state index is 8.63. The number of alkyl halides is 1. The van der Waals surface area contributed by atoms with E-state index in [1.54, 1.807) is 0 Å². The third-order valence-corrected chi connectivity index (χ3v) is 3.99. The van der Waals surface area contributed by atoms with Gasteiger partial charge in [-0.1, -0.05) is 42.5 Å². The summed E-state index contributed by atoms with van der Waals surface area (Å²) in [5.74, 6) is 0.717. The van der Waals surface area contributed by atoms with Crippen molar-refractivity contribution in [1.82, 2.24) is 0 Å². The van der Waals surface area contributed by atoms with Crippen molar-refractivity contribution >= 4 is 32.8 Å². The molecule has 0 amide bonds. The minimum absolute atomic E-state index is 0.717. The van der Waals surface area contributed by atoms with Gasteiger partial charge in [0.05, 0.1) is 26.0 Å². The van der Waals surface area contributed by atoms with E-state index in [4.69, 9.17) is 29.1 Å². The van der Waals surface area contributed by atoms with Gasteiger partial charge >= 0.3 is 0 Å². The van der Waals surface area contributed by atoms with Crippen LogP contribution in [0.25, 0.3) is 10.8 Å². The molecule has 128 valence electrons. The van der Waals surface area contributed by atoms with E-state index in [-0.39, 0.29) is 0 Å². The monoisotopic (exact) mass is 359 g/mol. The fourth-order valence-corrected chi connectivity index (χ4v) is 2.80.